The van der Waals surface area contributed by atoms with Crippen molar-refractivity contribution in [2.75, 3.05) is 13.1 Å². The summed E-state index contributed by atoms with van der Waals surface area (Å²) in [6.07, 6.45) is 1.99. The molecule has 0 aromatic heterocycles. The molecule has 2 aliphatic rings. The van der Waals surface area contributed by atoms with Crippen molar-refractivity contribution in [3.8, 4) is 0 Å². The van der Waals surface area contributed by atoms with E-state index in [1.54, 1.807) is 11.0 Å². The quantitative estimate of drug-likeness (QED) is 0.813. The van der Waals surface area contributed by atoms with E-state index >= 15 is 0 Å². The summed E-state index contributed by atoms with van der Waals surface area (Å²) in [5.74, 6) is 0.642. The molecule has 6 nitrogen and oxygen atoms in total. The van der Waals surface area contributed by atoms with Gasteiger partial charge in [-0.1, -0.05) is 30.3 Å². The zero-order valence-corrected chi connectivity index (χ0v) is 16.5. The van der Waals surface area contributed by atoms with E-state index in [1.165, 1.54) is 0 Å². The average molecular weight is 372 g/mol. The Morgan fingerprint density at radius 2 is 1.93 bits per heavy atom. The molecule has 0 radical (unpaired) electrons. The van der Waals surface area contributed by atoms with Crippen molar-refractivity contribution in [3.63, 3.8) is 0 Å². The summed E-state index contributed by atoms with van der Waals surface area (Å²) in [4.78, 5) is 28.3. The zero-order valence-electron chi connectivity index (χ0n) is 16.5. The van der Waals surface area contributed by atoms with Crippen LogP contribution in [0.4, 0.5) is 4.79 Å². The Bertz CT molecular complexity index is 723. The van der Waals surface area contributed by atoms with Crippen molar-refractivity contribution >= 4 is 12.0 Å². The maximum atomic E-state index is 12.5. The molecule has 2 amide bonds. The van der Waals surface area contributed by atoms with E-state index in [-0.39, 0.29) is 36.3 Å². The number of benzene rings is 1. The minimum Gasteiger partial charge on any atom is -0.490 e. The summed E-state index contributed by atoms with van der Waals surface area (Å²) < 4.78 is 11.3. The molecular formula is C21H28N2O4. The van der Waals surface area contributed by atoms with Crippen LogP contribution in [0.3, 0.4) is 0 Å². The van der Waals surface area contributed by atoms with E-state index in [2.05, 4.69) is 0 Å². The second kappa shape index (κ2) is 7.62. The van der Waals surface area contributed by atoms with E-state index < -0.39 is 0 Å². The van der Waals surface area contributed by atoms with Gasteiger partial charge in [0, 0.05) is 19.2 Å². The first kappa shape index (κ1) is 19.3. The first-order valence-corrected chi connectivity index (χ1v) is 9.43. The fraction of sp³-hybridized carbons (Fsp3) is 0.524. The third-order valence-corrected chi connectivity index (χ3v) is 4.79. The molecule has 1 aromatic rings. The van der Waals surface area contributed by atoms with E-state index in [4.69, 9.17) is 9.47 Å². The van der Waals surface area contributed by atoms with Gasteiger partial charge < -0.3 is 19.3 Å². The lowest BCUT2D eigenvalue weighted by Crippen LogP contribution is -2.44. The van der Waals surface area contributed by atoms with Crippen LogP contribution >= 0.6 is 0 Å². The lowest BCUT2D eigenvalue weighted by molar-refractivity contribution is -0.128. The second-order valence-electron chi connectivity index (χ2n) is 8.11. The maximum Gasteiger partial charge on any atom is 0.410 e. The van der Waals surface area contributed by atoms with Gasteiger partial charge in [-0.3, -0.25) is 4.79 Å². The van der Waals surface area contributed by atoms with Crippen molar-refractivity contribution < 1.29 is 19.1 Å². The van der Waals surface area contributed by atoms with Crippen molar-refractivity contribution in [1.29, 1.82) is 0 Å². The van der Waals surface area contributed by atoms with Crippen LogP contribution in [0.15, 0.2) is 42.2 Å². The summed E-state index contributed by atoms with van der Waals surface area (Å²) in [6, 6.07) is 9.46. The number of carbonyl (C=O) groups is 2. The lowest BCUT2D eigenvalue weighted by Gasteiger charge is -2.32. The number of nitrogens with zero attached hydrogens (tertiary/aromatic N) is 2. The Morgan fingerprint density at radius 1 is 1.22 bits per heavy atom. The second-order valence-corrected chi connectivity index (χ2v) is 8.11. The van der Waals surface area contributed by atoms with Gasteiger partial charge in [-0.2, -0.15) is 0 Å². The number of carbonyl (C=O) groups excluding carboxylic acids is 2. The third kappa shape index (κ3) is 4.62. The first-order chi connectivity index (χ1) is 12.7. The predicted molar refractivity (Wildman–Crippen MR) is 102 cm³/mol. The molecule has 1 fully saturated rings. The fourth-order valence-electron chi connectivity index (χ4n) is 3.55. The minimum atomic E-state index is -0.348. The van der Waals surface area contributed by atoms with Crippen LogP contribution in [-0.4, -0.2) is 52.6 Å². The van der Waals surface area contributed by atoms with Gasteiger partial charge in [0.1, 0.15) is 18.0 Å². The number of hydrogen-bond acceptors (Lipinski definition) is 4. The van der Waals surface area contributed by atoms with Gasteiger partial charge in [0.05, 0.1) is 12.1 Å². The Balaban J connectivity index is 1.55. The molecule has 1 aromatic carbocycles. The van der Waals surface area contributed by atoms with Gasteiger partial charge in [-0.25, -0.2) is 4.79 Å². The van der Waals surface area contributed by atoms with Gasteiger partial charge in [0.2, 0.25) is 0 Å². The normalized spacial score (nSPS) is 22.8. The van der Waals surface area contributed by atoms with Crippen molar-refractivity contribution in [2.24, 2.45) is 0 Å². The molecule has 3 rings (SSSR count). The Kier molecular flexibility index (Phi) is 5.44. The highest BCUT2D eigenvalue weighted by atomic mass is 16.6. The molecule has 0 spiro atoms. The number of ether oxygens (including phenoxy) is 2. The number of likely N-dealkylation sites (tertiary alicyclic amines) is 1. The molecule has 2 atom stereocenters. The lowest BCUT2D eigenvalue weighted by atomic mass is 10.1. The highest BCUT2D eigenvalue weighted by Gasteiger charge is 2.41. The summed E-state index contributed by atoms with van der Waals surface area (Å²) in [6.45, 7) is 9.20. The van der Waals surface area contributed by atoms with Crippen LogP contribution in [0.25, 0.3) is 0 Å². The Hall–Kier alpha value is -2.50. The molecule has 0 saturated carbocycles. The fourth-order valence-corrected chi connectivity index (χ4v) is 3.55. The van der Waals surface area contributed by atoms with E-state index in [1.807, 2.05) is 62.9 Å². The molecule has 0 bridgehead atoms. The monoisotopic (exact) mass is 372 g/mol. The number of rotatable bonds is 4. The molecule has 2 heterocycles. The zero-order chi connectivity index (χ0) is 19.6. The van der Waals surface area contributed by atoms with E-state index in [0.29, 0.717) is 18.8 Å². The van der Waals surface area contributed by atoms with Gasteiger partial charge in [-0.05, 0) is 39.7 Å². The standard InChI is InChI=1S/C21H28N2O4/c1-15-18(27-21(2,3)4)12-19(24)23(15)17-10-11-22(13-17)20(25)26-14-16-8-6-5-7-9-16/h5-9,12,15,17H,10-11,13-14H2,1-4H3/t15-,17?/m0/s1. The van der Waals surface area contributed by atoms with Crippen molar-refractivity contribution in [2.45, 2.75) is 58.4 Å². The number of amides is 2. The van der Waals surface area contributed by atoms with Gasteiger partial charge in [0.15, 0.2) is 0 Å². The molecule has 2 aliphatic heterocycles. The molecule has 1 saturated heterocycles. The highest BCUT2D eigenvalue weighted by molar-refractivity contribution is 5.91. The molecule has 0 aliphatic carbocycles. The van der Waals surface area contributed by atoms with Crippen LogP contribution in [-0.2, 0) is 20.9 Å². The van der Waals surface area contributed by atoms with Crippen molar-refractivity contribution in [1.82, 2.24) is 9.80 Å². The topological polar surface area (TPSA) is 59.1 Å². The molecule has 6 heteroatoms. The Morgan fingerprint density at radius 3 is 2.59 bits per heavy atom. The Labute approximate surface area is 160 Å². The molecule has 146 valence electrons. The largest absolute Gasteiger partial charge is 0.490 e. The first-order valence-electron chi connectivity index (χ1n) is 9.43. The summed E-state index contributed by atoms with van der Waals surface area (Å²) in [7, 11) is 0. The van der Waals surface area contributed by atoms with Crippen LogP contribution in [0, 0.1) is 0 Å². The molecule has 0 N–H and O–H groups in total. The molecule has 1 unspecified atom stereocenters. The van der Waals surface area contributed by atoms with Crippen molar-refractivity contribution in [3.05, 3.63) is 47.7 Å². The minimum absolute atomic E-state index is 0.0194. The van der Waals surface area contributed by atoms with Crippen LogP contribution in [0.2, 0.25) is 0 Å². The average Bonchev–Trinajstić information content (AvgIpc) is 3.17. The van der Waals surface area contributed by atoms with E-state index in [9.17, 15) is 9.59 Å². The third-order valence-electron chi connectivity index (χ3n) is 4.79. The van der Waals surface area contributed by atoms with E-state index in [0.717, 1.165) is 12.0 Å². The molecule has 27 heavy (non-hydrogen) atoms. The molecular weight excluding hydrogens is 344 g/mol. The van der Waals surface area contributed by atoms with Crippen LogP contribution in [0.1, 0.15) is 39.7 Å². The van der Waals surface area contributed by atoms with Gasteiger partial charge in [-0.15, -0.1) is 0 Å². The van der Waals surface area contributed by atoms with Gasteiger partial charge in [0.25, 0.3) is 5.91 Å². The highest BCUT2D eigenvalue weighted by Crippen LogP contribution is 2.30. The van der Waals surface area contributed by atoms with Crippen LogP contribution < -0.4 is 0 Å². The number of hydrogen-bond donors (Lipinski definition) is 0. The summed E-state index contributed by atoms with van der Waals surface area (Å²) in [5.41, 5.74) is 0.609. The SMILES string of the molecule is C[C@H]1C(OC(C)(C)C)=CC(=O)N1C1CCN(C(=O)OCc2ccccc2)C1. The summed E-state index contributed by atoms with van der Waals surface area (Å²) >= 11 is 0. The van der Waals surface area contributed by atoms with Crippen LogP contribution in [0.5, 0.6) is 0 Å². The van der Waals surface area contributed by atoms with Gasteiger partial charge >= 0.3 is 6.09 Å². The maximum absolute atomic E-state index is 12.5. The smallest absolute Gasteiger partial charge is 0.410 e. The summed E-state index contributed by atoms with van der Waals surface area (Å²) in [5, 5.41) is 0. The predicted octanol–water partition coefficient (Wildman–Crippen LogP) is 3.33.